The van der Waals surface area contributed by atoms with Crippen molar-refractivity contribution in [2.45, 2.75) is 6.92 Å². The van der Waals surface area contributed by atoms with Gasteiger partial charge in [0.1, 0.15) is 0 Å². The Morgan fingerprint density at radius 3 is 2.92 bits per heavy atom. The molecule has 0 amide bonds. The fourth-order valence-electron chi connectivity index (χ4n) is 0.929. The van der Waals surface area contributed by atoms with Crippen molar-refractivity contribution in [1.29, 1.82) is 5.26 Å². The van der Waals surface area contributed by atoms with Crippen LogP contribution in [0.5, 0.6) is 0 Å². The average molecular weight is 159 g/mol. The van der Waals surface area contributed by atoms with Crippen LogP contribution in [0.4, 0.5) is 0 Å². The third kappa shape index (κ3) is 1.61. The van der Waals surface area contributed by atoms with Crippen LogP contribution < -0.4 is 5.84 Å². The maximum absolute atomic E-state index is 8.60. The molecule has 1 rings (SSSR count). The molecule has 3 nitrogen and oxygen atoms in total. The van der Waals surface area contributed by atoms with E-state index < -0.39 is 0 Å². The van der Waals surface area contributed by atoms with Crippen molar-refractivity contribution in [3.63, 3.8) is 0 Å². The fourth-order valence-corrected chi connectivity index (χ4v) is 0.929. The molecule has 60 valence electrons. The molecule has 0 saturated carbocycles. The molecule has 1 aromatic carbocycles. The Kier molecular flexibility index (Phi) is 2.44. The van der Waals surface area contributed by atoms with Crippen LogP contribution in [0, 0.1) is 18.3 Å². The van der Waals surface area contributed by atoms with Crippen LogP contribution in [0.3, 0.4) is 0 Å². The summed E-state index contributed by atoms with van der Waals surface area (Å²) in [5.41, 5.74) is 2.57. The van der Waals surface area contributed by atoms with Gasteiger partial charge in [-0.3, -0.25) is 0 Å². The molecule has 3 heteroatoms. The zero-order chi connectivity index (χ0) is 8.97. The Morgan fingerprint density at radius 1 is 1.58 bits per heavy atom. The number of nitriles is 1. The number of rotatable bonds is 1. The highest BCUT2D eigenvalue weighted by atomic mass is 15.1. The second-order valence-corrected chi connectivity index (χ2v) is 2.46. The van der Waals surface area contributed by atoms with Crippen molar-refractivity contribution in [2.24, 2.45) is 10.9 Å². The normalized spacial score (nSPS) is 10.0. The van der Waals surface area contributed by atoms with Crippen molar-refractivity contribution >= 4 is 6.21 Å². The summed E-state index contributed by atoms with van der Waals surface area (Å²) in [5, 5.41) is 12.0. The summed E-state index contributed by atoms with van der Waals surface area (Å²) in [6, 6.07) is 7.44. The van der Waals surface area contributed by atoms with E-state index in [1.54, 1.807) is 12.1 Å². The number of hydrogen-bond acceptors (Lipinski definition) is 3. The van der Waals surface area contributed by atoms with Crippen LogP contribution in [-0.4, -0.2) is 6.21 Å². The van der Waals surface area contributed by atoms with Gasteiger partial charge >= 0.3 is 0 Å². The summed E-state index contributed by atoms with van der Waals surface area (Å²) in [6.07, 6.45) is 1.54. The molecule has 0 heterocycles. The van der Waals surface area contributed by atoms with Gasteiger partial charge in [-0.05, 0) is 30.2 Å². The van der Waals surface area contributed by atoms with Gasteiger partial charge in [-0.25, -0.2) is 0 Å². The Labute approximate surface area is 71.1 Å². The SMILES string of the molecule is Cc1ccc(C#N)cc1C=NN. The van der Waals surface area contributed by atoms with Crippen molar-refractivity contribution in [1.82, 2.24) is 0 Å². The van der Waals surface area contributed by atoms with E-state index in [0.717, 1.165) is 11.1 Å². The predicted octanol–water partition coefficient (Wildman–Crippen LogP) is 1.16. The van der Waals surface area contributed by atoms with E-state index in [0.29, 0.717) is 5.56 Å². The third-order valence-corrected chi connectivity index (χ3v) is 1.62. The minimum Gasteiger partial charge on any atom is -0.323 e. The first-order valence-corrected chi connectivity index (χ1v) is 3.52. The second-order valence-electron chi connectivity index (χ2n) is 2.46. The zero-order valence-corrected chi connectivity index (χ0v) is 6.78. The lowest BCUT2D eigenvalue weighted by molar-refractivity contribution is 1.26. The molecule has 0 unspecified atom stereocenters. The first-order valence-electron chi connectivity index (χ1n) is 3.52. The topological polar surface area (TPSA) is 62.2 Å². The molecule has 0 aliphatic heterocycles. The quantitative estimate of drug-likeness (QED) is 0.379. The van der Waals surface area contributed by atoms with Gasteiger partial charge in [0.15, 0.2) is 0 Å². The van der Waals surface area contributed by atoms with Crippen LogP contribution in [0.25, 0.3) is 0 Å². The number of aryl methyl sites for hydroxylation is 1. The molecule has 0 saturated heterocycles. The smallest absolute Gasteiger partial charge is 0.0991 e. The Hall–Kier alpha value is -1.82. The highest BCUT2D eigenvalue weighted by molar-refractivity contribution is 5.82. The van der Waals surface area contributed by atoms with Gasteiger partial charge in [-0.1, -0.05) is 6.07 Å². The Balaban J connectivity index is 3.19. The first kappa shape index (κ1) is 8.28. The van der Waals surface area contributed by atoms with E-state index in [2.05, 4.69) is 11.2 Å². The van der Waals surface area contributed by atoms with E-state index in [9.17, 15) is 0 Å². The largest absolute Gasteiger partial charge is 0.323 e. The molecule has 1 aromatic rings. The zero-order valence-electron chi connectivity index (χ0n) is 6.78. The first-order chi connectivity index (χ1) is 5.77. The van der Waals surface area contributed by atoms with E-state index in [4.69, 9.17) is 11.1 Å². The fraction of sp³-hybridized carbons (Fsp3) is 0.111. The van der Waals surface area contributed by atoms with Gasteiger partial charge in [-0.2, -0.15) is 10.4 Å². The molecule has 0 aromatic heterocycles. The number of nitrogens with two attached hydrogens (primary N) is 1. The van der Waals surface area contributed by atoms with Gasteiger partial charge in [0.2, 0.25) is 0 Å². The van der Waals surface area contributed by atoms with Gasteiger partial charge in [-0.15, -0.1) is 0 Å². The maximum Gasteiger partial charge on any atom is 0.0991 e. The molecule has 0 aliphatic rings. The van der Waals surface area contributed by atoms with Gasteiger partial charge in [0.05, 0.1) is 17.8 Å². The molecule has 0 fully saturated rings. The number of hydrazone groups is 1. The molecule has 0 spiro atoms. The molecule has 0 atom stereocenters. The van der Waals surface area contributed by atoms with Crippen molar-refractivity contribution in [3.05, 3.63) is 34.9 Å². The maximum atomic E-state index is 8.60. The van der Waals surface area contributed by atoms with Crippen LogP contribution in [-0.2, 0) is 0 Å². The molecular weight excluding hydrogens is 150 g/mol. The molecule has 2 N–H and O–H groups in total. The summed E-state index contributed by atoms with van der Waals surface area (Å²) < 4.78 is 0. The van der Waals surface area contributed by atoms with Crippen molar-refractivity contribution in [2.75, 3.05) is 0 Å². The molecule has 12 heavy (non-hydrogen) atoms. The van der Waals surface area contributed by atoms with Crippen LogP contribution in [0.1, 0.15) is 16.7 Å². The summed E-state index contributed by atoms with van der Waals surface area (Å²) in [5.74, 6) is 5.01. The molecule has 0 aliphatic carbocycles. The number of benzene rings is 1. The summed E-state index contributed by atoms with van der Waals surface area (Å²) in [4.78, 5) is 0. The number of hydrogen-bond donors (Lipinski definition) is 1. The molecule has 0 bridgehead atoms. The Morgan fingerprint density at radius 2 is 2.33 bits per heavy atom. The van der Waals surface area contributed by atoms with Gasteiger partial charge in [0, 0.05) is 0 Å². The summed E-state index contributed by atoms with van der Waals surface area (Å²) in [6.45, 7) is 1.94. The summed E-state index contributed by atoms with van der Waals surface area (Å²) >= 11 is 0. The van der Waals surface area contributed by atoms with Crippen molar-refractivity contribution in [3.8, 4) is 6.07 Å². The van der Waals surface area contributed by atoms with Crippen LogP contribution in [0.2, 0.25) is 0 Å². The molecule has 0 radical (unpaired) electrons. The van der Waals surface area contributed by atoms with E-state index >= 15 is 0 Å². The van der Waals surface area contributed by atoms with Crippen LogP contribution >= 0.6 is 0 Å². The van der Waals surface area contributed by atoms with E-state index in [-0.39, 0.29) is 0 Å². The average Bonchev–Trinajstić information content (AvgIpc) is 2.09. The minimum absolute atomic E-state index is 0.621. The van der Waals surface area contributed by atoms with Gasteiger partial charge < -0.3 is 5.84 Å². The summed E-state index contributed by atoms with van der Waals surface area (Å²) in [7, 11) is 0. The van der Waals surface area contributed by atoms with E-state index in [1.807, 2.05) is 13.0 Å². The second kappa shape index (κ2) is 3.54. The Bertz CT molecular complexity index is 347. The molecular formula is C9H9N3. The lowest BCUT2D eigenvalue weighted by Crippen LogP contribution is -1.91. The van der Waals surface area contributed by atoms with Gasteiger partial charge in [0.25, 0.3) is 0 Å². The lowest BCUT2D eigenvalue weighted by atomic mass is 10.1. The highest BCUT2D eigenvalue weighted by Crippen LogP contribution is 2.07. The standard InChI is InChI=1S/C9H9N3/c1-7-2-3-8(5-10)4-9(7)6-12-11/h2-4,6H,11H2,1H3. The third-order valence-electron chi connectivity index (χ3n) is 1.62. The van der Waals surface area contributed by atoms with Crippen molar-refractivity contribution < 1.29 is 0 Å². The predicted molar refractivity (Wildman–Crippen MR) is 47.7 cm³/mol. The lowest BCUT2D eigenvalue weighted by Gasteiger charge is -1.98. The van der Waals surface area contributed by atoms with Crippen LogP contribution in [0.15, 0.2) is 23.3 Å². The highest BCUT2D eigenvalue weighted by Gasteiger charge is 1.96. The monoisotopic (exact) mass is 159 g/mol. The van der Waals surface area contributed by atoms with E-state index in [1.165, 1.54) is 6.21 Å². The minimum atomic E-state index is 0.621. The number of nitrogens with zero attached hydrogens (tertiary/aromatic N) is 2.